The summed E-state index contributed by atoms with van der Waals surface area (Å²) in [6.07, 6.45) is 5.76. The molecule has 140 valence electrons. The van der Waals surface area contributed by atoms with Crippen molar-refractivity contribution < 1.29 is 9.47 Å². The quantitative estimate of drug-likeness (QED) is 0.361. The normalized spacial score (nSPS) is 10.5. The molecule has 0 radical (unpaired) electrons. The molecule has 0 heterocycles. The summed E-state index contributed by atoms with van der Waals surface area (Å²) >= 11 is 23.5. The molecule has 0 aromatic heterocycles. The maximum Gasteiger partial charge on any atom is 0.156 e. The molecule has 0 saturated carbocycles. The van der Waals surface area contributed by atoms with Crippen molar-refractivity contribution in [2.45, 2.75) is 25.7 Å². The molecule has 0 saturated heterocycles. The topological polar surface area (TPSA) is 18.5 Å². The van der Waals surface area contributed by atoms with Crippen LogP contribution in [0, 0.1) is 0 Å². The summed E-state index contributed by atoms with van der Waals surface area (Å²) in [7, 11) is 0. The summed E-state index contributed by atoms with van der Waals surface area (Å²) < 4.78 is 11.4. The van der Waals surface area contributed by atoms with E-state index in [9.17, 15) is 0 Å². The van der Waals surface area contributed by atoms with Gasteiger partial charge in [-0.05, 0) is 37.3 Å². The summed E-state index contributed by atoms with van der Waals surface area (Å²) in [6.45, 7) is 0.801. The van der Waals surface area contributed by atoms with E-state index in [1.54, 1.807) is 12.1 Å². The molecule has 0 aliphatic heterocycles. The van der Waals surface area contributed by atoms with E-state index in [0.29, 0.717) is 28.2 Å². The summed E-state index contributed by atoms with van der Waals surface area (Å²) in [4.78, 5) is 0. The lowest BCUT2D eigenvalue weighted by Crippen LogP contribution is -2.00. The largest absolute Gasteiger partial charge is 0.490 e. The number of benzene rings is 2. The van der Waals surface area contributed by atoms with Crippen LogP contribution >= 0.6 is 46.4 Å². The fourth-order valence-electron chi connectivity index (χ4n) is 2.39. The van der Waals surface area contributed by atoms with Crippen molar-refractivity contribution in [2.24, 2.45) is 0 Å². The van der Waals surface area contributed by atoms with Gasteiger partial charge in [-0.1, -0.05) is 76.7 Å². The van der Waals surface area contributed by atoms with Gasteiger partial charge >= 0.3 is 0 Å². The molecule has 0 unspecified atom stereocenters. The van der Waals surface area contributed by atoms with Gasteiger partial charge in [0.2, 0.25) is 0 Å². The number of hydrogen-bond acceptors (Lipinski definition) is 2. The molecule has 0 aliphatic rings. The molecule has 0 spiro atoms. The minimum atomic E-state index is 0.148. The van der Waals surface area contributed by atoms with Crippen molar-refractivity contribution in [1.82, 2.24) is 0 Å². The van der Waals surface area contributed by atoms with Crippen LogP contribution in [0.3, 0.4) is 0 Å². The van der Waals surface area contributed by atoms with Crippen molar-refractivity contribution >= 4 is 46.4 Å². The first-order valence-electron chi connectivity index (χ1n) is 8.36. The third kappa shape index (κ3) is 7.67. The first kappa shape index (κ1) is 21.2. The van der Waals surface area contributed by atoms with Gasteiger partial charge in [-0.25, -0.2) is 0 Å². The van der Waals surface area contributed by atoms with Gasteiger partial charge in [0.15, 0.2) is 5.75 Å². The lowest BCUT2D eigenvalue weighted by molar-refractivity contribution is 0.304. The fourth-order valence-corrected chi connectivity index (χ4v) is 3.09. The maximum absolute atomic E-state index is 6.24. The molecule has 0 N–H and O–H groups in total. The lowest BCUT2D eigenvalue weighted by atomic mass is 10.1. The minimum Gasteiger partial charge on any atom is -0.490 e. The molecule has 2 aromatic rings. The summed E-state index contributed by atoms with van der Waals surface area (Å²) in [5.41, 5.74) is 1.36. The van der Waals surface area contributed by atoms with Crippen molar-refractivity contribution in [3.05, 3.63) is 68.6 Å². The van der Waals surface area contributed by atoms with E-state index >= 15 is 0 Å². The van der Waals surface area contributed by atoms with E-state index in [0.717, 1.165) is 25.7 Å². The summed E-state index contributed by atoms with van der Waals surface area (Å²) in [5, 5.41) is 0.829. The molecule has 0 aliphatic carbocycles. The predicted molar refractivity (Wildman–Crippen MR) is 111 cm³/mol. The molecular formula is C20H20Cl4O2. The van der Waals surface area contributed by atoms with Crippen LogP contribution in [0.5, 0.6) is 11.5 Å². The van der Waals surface area contributed by atoms with Gasteiger partial charge in [0.1, 0.15) is 16.8 Å². The zero-order valence-corrected chi connectivity index (χ0v) is 17.2. The zero-order chi connectivity index (χ0) is 18.8. The summed E-state index contributed by atoms with van der Waals surface area (Å²) in [5.74, 6) is 1.01. The third-order valence-electron chi connectivity index (χ3n) is 3.66. The molecule has 0 atom stereocenters. The Balaban J connectivity index is 1.74. The molecule has 2 rings (SSSR count). The number of aryl methyl sites for hydroxylation is 1. The number of hydrogen-bond donors (Lipinski definition) is 0. The highest BCUT2D eigenvalue weighted by molar-refractivity contribution is 6.55. The van der Waals surface area contributed by atoms with E-state index in [2.05, 4.69) is 24.3 Å². The van der Waals surface area contributed by atoms with Gasteiger partial charge in [-0.15, -0.1) is 0 Å². The number of ether oxygens (including phenoxy) is 2. The second-order valence-electron chi connectivity index (χ2n) is 5.67. The zero-order valence-electron chi connectivity index (χ0n) is 14.2. The second kappa shape index (κ2) is 11.6. The molecule has 0 fully saturated rings. The van der Waals surface area contributed by atoms with Crippen LogP contribution in [0.2, 0.25) is 10.0 Å². The van der Waals surface area contributed by atoms with Gasteiger partial charge < -0.3 is 9.47 Å². The van der Waals surface area contributed by atoms with Gasteiger partial charge in [0.05, 0.1) is 16.7 Å². The van der Waals surface area contributed by atoms with Gasteiger partial charge in [-0.3, -0.25) is 0 Å². The van der Waals surface area contributed by atoms with E-state index in [1.165, 1.54) is 11.6 Å². The first-order valence-corrected chi connectivity index (χ1v) is 9.87. The van der Waals surface area contributed by atoms with E-state index in [1.807, 2.05) is 6.07 Å². The highest BCUT2D eigenvalue weighted by Crippen LogP contribution is 2.37. The van der Waals surface area contributed by atoms with Crippen molar-refractivity contribution in [1.29, 1.82) is 0 Å². The van der Waals surface area contributed by atoms with Crippen LogP contribution in [0.1, 0.15) is 24.8 Å². The van der Waals surface area contributed by atoms with Gasteiger partial charge in [0, 0.05) is 12.1 Å². The first-order chi connectivity index (χ1) is 12.6. The number of unbranched alkanes of at least 4 members (excludes halogenated alkanes) is 2. The SMILES string of the molecule is ClC(Cl)=CCOc1cc(Cl)c(OCCCCCc2ccccc2)c(Cl)c1. The van der Waals surface area contributed by atoms with Crippen molar-refractivity contribution in [3.8, 4) is 11.5 Å². The number of halogens is 4. The fraction of sp³-hybridized carbons (Fsp3) is 0.300. The maximum atomic E-state index is 6.24. The molecule has 6 heteroatoms. The number of rotatable bonds is 10. The van der Waals surface area contributed by atoms with Crippen molar-refractivity contribution in [2.75, 3.05) is 13.2 Å². The predicted octanol–water partition coefficient (Wildman–Crippen LogP) is 7.48. The molecule has 2 nitrogen and oxygen atoms in total. The third-order valence-corrected chi connectivity index (χ3v) is 4.53. The Morgan fingerprint density at radius 1 is 0.885 bits per heavy atom. The van der Waals surface area contributed by atoms with Crippen LogP contribution in [-0.2, 0) is 6.42 Å². The Hall–Kier alpha value is -1.06. The van der Waals surface area contributed by atoms with Crippen LogP contribution in [-0.4, -0.2) is 13.2 Å². The standard InChI is InChI=1S/C20H20Cl4O2/c21-17-13-16(25-12-10-19(23)24)14-18(22)20(17)26-11-6-2-5-9-15-7-3-1-4-8-15/h1,3-4,7-8,10,13-14H,2,5-6,9,11-12H2. The average molecular weight is 434 g/mol. The minimum absolute atomic E-state index is 0.148. The Morgan fingerprint density at radius 2 is 1.58 bits per heavy atom. The van der Waals surface area contributed by atoms with Crippen molar-refractivity contribution in [3.63, 3.8) is 0 Å². The van der Waals surface area contributed by atoms with E-state index < -0.39 is 0 Å². The second-order valence-corrected chi connectivity index (χ2v) is 7.49. The Morgan fingerprint density at radius 3 is 2.23 bits per heavy atom. The molecular weight excluding hydrogens is 414 g/mol. The Labute approximate surface area is 174 Å². The van der Waals surface area contributed by atoms with Gasteiger partial charge in [-0.2, -0.15) is 0 Å². The highest BCUT2D eigenvalue weighted by atomic mass is 35.5. The molecule has 0 amide bonds. The van der Waals surface area contributed by atoms with Crippen LogP contribution < -0.4 is 9.47 Å². The van der Waals surface area contributed by atoms with E-state index in [-0.39, 0.29) is 11.1 Å². The van der Waals surface area contributed by atoms with Crippen LogP contribution in [0.4, 0.5) is 0 Å². The molecule has 2 aromatic carbocycles. The van der Waals surface area contributed by atoms with Crippen LogP contribution in [0.25, 0.3) is 0 Å². The van der Waals surface area contributed by atoms with Crippen LogP contribution in [0.15, 0.2) is 53.0 Å². The Kier molecular flexibility index (Phi) is 9.49. The molecule has 0 bridgehead atoms. The van der Waals surface area contributed by atoms with E-state index in [4.69, 9.17) is 55.9 Å². The van der Waals surface area contributed by atoms with Gasteiger partial charge in [0.25, 0.3) is 0 Å². The average Bonchev–Trinajstić information content (AvgIpc) is 2.60. The lowest BCUT2D eigenvalue weighted by Gasteiger charge is -2.12. The highest BCUT2D eigenvalue weighted by Gasteiger charge is 2.10. The summed E-state index contributed by atoms with van der Waals surface area (Å²) in [6, 6.07) is 13.8. The monoisotopic (exact) mass is 432 g/mol. The molecule has 26 heavy (non-hydrogen) atoms. The smallest absolute Gasteiger partial charge is 0.156 e. The Bertz CT molecular complexity index is 690.